The van der Waals surface area contributed by atoms with E-state index in [0.29, 0.717) is 190 Å². The van der Waals surface area contributed by atoms with Crippen LogP contribution in [0.4, 0.5) is 28.4 Å². The molecular formula is C104H121ClN26O13. The van der Waals surface area contributed by atoms with E-state index in [0.717, 1.165) is 126 Å². The number of aromatic nitrogens is 10. The van der Waals surface area contributed by atoms with E-state index in [2.05, 4.69) is 75.6 Å². The molecule has 11 aliphatic rings. The maximum atomic E-state index is 12.6. The van der Waals surface area contributed by atoms with Crippen LogP contribution in [0.5, 0.6) is 29.4 Å². The Kier molecular flexibility index (Phi) is 33.8. The van der Waals surface area contributed by atoms with E-state index in [1.54, 1.807) is 73.7 Å². The second-order valence-corrected chi connectivity index (χ2v) is 36.1. The van der Waals surface area contributed by atoms with Crippen LogP contribution in [-0.2, 0) is 28.7 Å². The molecule has 0 radical (unpaired) electrons. The van der Waals surface area contributed by atoms with E-state index in [1.807, 2.05) is 122 Å². The second-order valence-electron chi connectivity index (χ2n) is 35.8. The summed E-state index contributed by atoms with van der Waals surface area (Å²) in [4.78, 5) is 83.9. The molecule has 0 unspecified atom stereocenters. The minimum atomic E-state index is -0.278. The first kappa shape index (κ1) is 101. The van der Waals surface area contributed by atoms with Crippen LogP contribution in [0.25, 0.3) is 27.6 Å². The van der Waals surface area contributed by atoms with Crippen LogP contribution in [0.1, 0.15) is 85.0 Å². The van der Waals surface area contributed by atoms with Crippen molar-refractivity contribution in [1.29, 1.82) is 5.41 Å². The lowest BCUT2D eigenvalue weighted by Crippen LogP contribution is -2.31. The number of rotatable bonds is 31. The Morgan fingerprint density at radius 3 is 1.16 bits per heavy atom. The van der Waals surface area contributed by atoms with Crippen LogP contribution in [0.2, 0.25) is 0 Å². The molecule has 6 aliphatic heterocycles. The number of likely N-dealkylation sites (tertiary alicyclic amines) is 5. The van der Waals surface area contributed by atoms with Crippen LogP contribution in [-0.4, -0.2) is 311 Å². The van der Waals surface area contributed by atoms with Crippen LogP contribution in [0.15, 0.2) is 263 Å². The lowest BCUT2D eigenvalue weighted by molar-refractivity contribution is -0.112. The van der Waals surface area contributed by atoms with Crippen molar-refractivity contribution in [3.63, 3.8) is 0 Å². The van der Waals surface area contributed by atoms with Crippen molar-refractivity contribution in [2.45, 2.75) is 85.0 Å². The summed E-state index contributed by atoms with van der Waals surface area (Å²) in [6.45, 7) is 24.9. The first-order chi connectivity index (χ1) is 70.2. The van der Waals surface area contributed by atoms with Crippen molar-refractivity contribution < 1.29 is 62.5 Å². The predicted molar refractivity (Wildman–Crippen MR) is 552 cm³/mol. The number of aliphatic hydroxyl groups is 2. The number of ether oxygens (including phenoxy) is 7. The van der Waals surface area contributed by atoms with E-state index in [-0.39, 0.29) is 59.4 Å². The molecule has 10 aromatic heterocycles. The van der Waals surface area contributed by atoms with E-state index in [1.165, 1.54) is 88.5 Å². The number of carbonyl (C=O) groups is 4. The number of carbonyl (C=O) groups excluding carboxylic acids is 4. The first-order valence-electron chi connectivity index (χ1n) is 49.1. The number of halogens is 1. The van der Waals surface area contributed by atoms with Crippen LogP contribution < -0.4 is 51.5 Å². The molecule has 6 fully saturated rings. The number of fused-ring (bicyclic) bond motifs is 6. The molecule has 16 heterocycles. The molecule has 39 nitrogen and oxygen atoms in total. The van der Waals surface area contributed by atoms with Gasteiger partial charge in [0.1, 0.15) is 68.5 Å². The Labute approximate surface area is 837 Å². The first-order valence-corrected chi connectivity index (χ1v) is 49.4. The molecule has 0 bridgehead atoms. The number of hydrogen-bond donors (Lipinski definition) is 8. The predicted octanol–water partition coefficient (Wildman–Crippen LogP) is 10.5. The standard InChI is InChI=1S/C22H27N5O3.C21H26N6O3.C21H23N5O3.C20H22ClN5O2.C20H23N5O2/c1-16-14-18(17(15-20(16)29)23-7-12-28)24-21-19-6-2-3-10-27(19)25-22(21)30-13-11-26-8-4-5-9-26;22-15-13-16(23)19(29-12-10-28)14-17(15)24-20-18-5-1-2-8-27(18)25-21(20)30-11-9-26-6-3-4-7-26;27-18-13-16-19(28-11-6-22-16)14-15(18)23-20-17-5-1-2-9-26(17)24-21(20)29-12-10-25-7-3-4-8-25;1-13-12-14(17(22)16(21)19(13)27)23-18-15-6-2-3-9-26(15)24-20(18)28-11-10-25-7-4-5-8-25;1-14-12-16(15(21)13-18(14)26)22-19-17-6-2-3-9-25(17)23-20(19)27-11-10-24-7-4-5-8-24/h2-3,6,10,14-15,23,28H,4-5,7-9,11-13H2,1H3;1-2,5,8,13-14,22,28H,3-4,6-7,9-12,23H2;1-2,5,9,13-14,22H,3-4,6-8,10-12H2;2-3,6,9,12H,4-5,7-8,10-11,22H2,1H3;2-3,6,9,12-13H,4-5,7-8,10-11,21H2,1H3. The lowest BCUT2D eigenvalue weighted by atomic mass is 10.0. The van der Waals surface area contributed by atoms with Gasteiger partial charge in [-0.1, -0.05) is 41.9 Å². The van der Waals surface area contributed by atoms with E-state index >= 15 is 0 Å². The molecule has 0 amide bonds. The Bertz CT molecular complexity index is 6940. The number of morpholine rings is 1. The monoisotopic (exact) mass is 1980 g/mol. The summed E-state index contributed by atoms with van der Waals surface area (Å²) >= 11 is 6.09. The van der Waals surface area contributed by atoms with Gasteiger partial charge in [0, 0.05) is 113 Å². The van der Waals surface area contributed by atoms with E-state index in [9.17, 15) is 19.2 Å². The van der Waals surface area contributed by atoms with Crippen molar-refractivity contribution in [3.05, 3.63) is 238 Å². The van der Waals surface area contributed by atoms with Crippen LogP contribution in [0, 0.1) is 5.41 Å². The third-order valence-electron chi connectivity index (χ3n) is 25.5. The summed E-state index contributed by atoms with van der Waals surface area (Å²) in [5.41, 5.74) is 31.3. The average Bonchev–Trinajstić information content (AvgIpc) is 1.50. The fourth-order valence-corrected chi connectivity index (χ4v) is 18.0. The molecule has 144 heavy (non-hydrogen) atoms. The maximum Gasteiger partial charge on any atom is 0.260 e. The summed E-state index contributed by atoms with van der Waals surface area (Å²) < 4.78 is 49.8. The zero-order chi connectivity index (χ0) is 100.0. The van der Waals surface area contributed by atoms with Gasteiger partial charge >= 0.3 is 0 Å². The quantitative estimate of drug-likeness (QED) is 0.0148. The van der Waals surface area contributed by atoms with Crippen molar-refractivity contribution in [2.75, 3.05) is 171 Å². The maximum absolute atomic E-state index is 12.6. The molecule has 752 valence electrons. The molecule has 0 spiro atoms. The molecule has 40 heteroatoms. The third kappa shape index (κ3) is 25.1. The zero-order valence-corrected chi connectivity index (χ0v) is 81.9. The molecule has 0 saturated carbocycles. The molecule has 6 saturated heterocycles. The van der Waals surface area contributed by atoms with Gasteiger partial charge < -0.3 is 71.2 Å². The number of nitrogens with two attached hydrogens (primary N) is 3. The van der Waals surface area contributed by atoms with Gasteiger partial charge in [-0.05, 0) is 247 Å². The fraction of sp³-hybridized carbons (Fsp3) is 0.375. The van der Waals surface area contributed by atoms with Gasteiger partial charge in [0.05, 0.1) is 97.8 Å². The number of pyridine rings is 5. The highest BCUT2D eigenvalue weighted by Gasteiger charge is 2.31. The molecular weight excluding hydrogens is 1860 g/mol. The van der Waals surface area contributed by atoms with Gasteiger partial charge in [-0.3, -0.25) is 49.1 Å². The number of aliphatic hydroxyl groups excluding tert-OH is 2. The minimum Gasteiger partial charge on any atom is -0.490 e. The topological polar surface area (TPSA) is 464 Å². The molecule has 0 aromatic carbocycles. The second kappa shape index (κ2) is 48.3. The highest BCUT2D eigenvalue weighted by molar-refractivity contribution is 6.51. The van der Waals surface area contributed by atoms with Gasteiger partial charge in [0.25, 0.3) is 29.4 Å². The summed E-state index contributed by atoms with van der Waals surface area (Å²) in [6, 6.07) is 28.7. The van der Waals surface area contributed by atoms with Crippen LogP contribution in [0.3, 0.4) is 0 Å². The number of ketones is 4. The Balaban J connectivity index is 0.000000124. The Hall–Kier alpha value is -14.8. The number of aliphatic imine (C=N–C) groups is 5. The van der Waals surface area contributed by atoms with Gasteiger partial charge in [-0.2, -0.15) is 0 Å². The summed E-state index contributed by atoms with van der Waals surface area (Å²) in [5.74, 6) is 2.66. The average molecular weight is 1980 g/mol. The van der Waals surface area contributed by atoms with Gasteiger partial charge in [-0.25, -0.2) is 47.5 Å². The molecule has 10 aromatic rings. The normalized spacial score (nSPS) is 19.5. The highest BCUT2D eigenvalue weighted by Crippen LogP contribution is 2.40. The van der Waals surface area contributed by atoms with E-state index in [4.69, 9.17) is 87.6 Å². The Morgan fingerprint density at radius 1 is 0.403 bits per heavy atom. The number of nitrogens with zero attached hydrogens (tertiary/aromatic N) is 20. The minimum absolute atomic E-state index is 0.00766. The number of hydrogen-bond acceptors (Lipinski definition) is 34. The smallest absolute Gasteiger partial charge is 0.260 e. The van der Waals surface area contributed by atoms with Crippen molar-refractivity contribution in [1.82, 2.24) is 83.2 Å². The molecule has 21 rings (SSSR count). The van der Waals surface area contributed by atoms with E-state index < -0.39 is 0 Å². The lowest BCUT2D eigenvalue weighted by Gasteiger charge is -2.23. The zero-order valence-electron chi connectivity index (χ0n) is 81.1. The van der Waals surface area contributed by atoms with Crippen molar-refractivity contribution >= 4 is 125 Å². The number of Topliss-reactive ketones (excluding diaryl/α,β-unsaturated/α-hetero) is 1. The number of nitrogens with one attached hydrogen (secondary N) is 3. The summed E-state index contributed by atoms with van der Waals surface area (Å²) in [6.07, 6.45) is 36.0. The molecule has 11 N–H and O–H groups in total. The third-order valence-corrected chi connectivity index (χ3v) is 25.9. The Morgan fingerprint density at radius 2 is 0.764 bits per heavy atom. The molecule has 5 aliphatic carbocycles. The largest absolute Gasteiger partial charge is 0.490 e. The van der Waals surface area contributed by atoms with Crippen LogP contribution >= 0.6 is 11.6 Å². The number of allylic oxidation sites excluding steroid dienone is 13. The SMILES string of the molecule is CC1=CC(=Nc2c(OCCN3CCCC3)nn3ccccc23)C(N)=C(Cl)C1=O.CC1=CC(=Nc2c(OCCN3CCCC3)nn3ccccc23)C(N)=CC1=O.CC1=CC(=Nc2c(OCCN3CCCC3)nn3ccccc23)C(NCCO)=CC1=O.N=C1C=C(N)C(OCCO)=CC1=Nc1c(OCCN2CCCC2)nn2ccccc12.O=C1C=C2NCCOC2=CC1=Nc1c(OCCN2CCCC2)nn2ccccc12. The van der Waals surface area contributed by atoms with Crippen molar-refractivity contribution in [2.24, 2.45) is 42.2 Å². The van der Waals surface area contributed by atoms with Gasteiger partial charge in [0.2, 0.25) is 11.6 Å². The summed E-state index contributed by atoms with van der Waals surface area (Å²) in [5, 5.41) is 55.3. The highest BCUT2D eigenvalue weighted by atomic mass is 35.5. The molecule has 0 atom stereocenters. The fourth-order valence-electron chi connectivity index (χ4n) is 17.8. The van der Waals surface area contributed by atoms with Crippen molar-refractivity contribution in [3.8, 4) is 29.4 Å². The summed E-state index contributed by atoms with van der Waals surface area (Å²) in [7, 11) is 0. The van der Waals surface area contributed by atoms with Gasteiger partial charge in [0.15, 0.2) is 40.0 Å². The van der Waals surface area contributed by atoms with Gasteiger partial charge in [-0.15, -0.1) is 25.5 Å².